The van der Waals surface area contributed by atoms with Gasteiger partial charge in [-0.25, -0.2) is 4.39 Å². The summed E-state index contributed by atoms with van der Waals surface area (Å²) in [5, 5.41) is 0. The predicted molar refractivity (Wildman–Crippen MR) is 67.7 cm³/mol. The van der Waals surface area contributed by atoms with Gasteiger partial charge in [0.15, 0.2) is 0 Å². The maximum atomic E-state index is 13.1. The van der Waals surface area contributed by atoms with Crippen molar-refractivity contribution in [3.63, 3.8) is 0 Å². The molecule has 0 unspecified atom stereocenters. The number of nitrogen functional groups attached to an aromatic ring is 1. The van der Waals surface area contributed by atoms with E-state index in [9.17, 15) is 22.4 Å². The number of carbonyl (C=O) groups is 1. The molecule has 0 heterocycles. The minimum absolute atomic E-state index is 0.0416. The standard InChI is InChI=1S/C13H16F4N2O/c1-2-3-6-19(8-13(15,16)17)12(20)10-7-9(14)4-5-11(10)18/h4-5,7H,2-3,6,8,18H2,1H3. The Morgan fingerprint density at radius 3 is 2.55 bits per heavy atom. The van der Waals surface area contributed by atoms with E-state index in [-0.39, 0.29) is 17.8 Å². The molecule has 1 amide bonds. The second-order valence-corrected chi connectivity index (χ2v) is 4.43. The molecule has 20 heavy (non-hydrogen) atoms. The van der Waals surface area contributed by atoms with Gasteiger partial charge in [-0.15, -0.1) is 0 Å². The molecule has 1 aromatic carbocycles. The van der Waals surface area contributed by atoms with E-state index in [4.69, 9.17) is 5.73 Å². The molecule has 0 atom stereocenters. The second kappa shape index (κ2) is 6.58. The van der Waals surface area contributed by atoms with Gasteiger partial charge in [-0.3, -0.25) is 4.79 Å². The van der Waals surface area contributed by atoms with E-state index in [0.717, 1.165) is 18.2 Å². The first-order chi connectivity index (χ1) is 9.24. The Bertz CT molecular complexity index is 474. The molecule has 0 aliphatic rings. The van der Waals surface area contributed by atoms with E-state index in [1.807, 2.05) is 0 Å². The van der Waals surface area contributed by atoms with Gasteiger partial charge in [0, 0.05) is 12.2 Å². The van der Waals surface area contributed by atoms with Crippen LogP contribution in [0.5, 0.6) is 0 Å². The van der Waals surface area contributed by atoms with Crippen molar-refractivity contribution in [2.45, 2.75) is 25.9 Å². The van der Waals surface area contributed by atoms with Crippen molar-refractivity contribution in [1.82, 2.24) is 4.90 Å². The van der Waals surface area contributed by atoms with Gasteiger partial charge in [-0.2, -0.15) is 13.2 Å². The molecule has 0 aromatic heterocycles. The number of nitrogens with zero attached hydrogens (tertiary/aromatic N) is 1. The van der Waals surface area contributed by atoms with Gasteiger partial charge in [0.1, 0.15) is 12.4 Å². The number of hydrogen-bond donors (Lipinski definition) is 1. The summed E-state index contributed by atoms with van der Waals surface area (Å²) in [5.74, 6) is -1.63. The van der Waals surface area contributed by atoms with Crippen LogP contribution < -0.4 is 5.73 Å². The van der Waals surface area contributed by atoms with Crippen molar-refractivity contribution < 1.29 is 22.4 Å². The van der Waals surface area contributed by atoms with Crippen LogP contribution in [0.4, 0.5) is 23.2 Å². The highest BCUT2D eigenvalue weighted by molar-refractivity contribution is 5.99. The van der Waals surface area contributed by atoms with E-state index in [1.165, 1.54) is 0 Å². The Balaban J connectivity index is 2.99. The topological polar surface area (TPSA) is 46.3 Å². The van der Waals surface area contributed by atoms with Crippen molar-refractivity contribution in [2.24, 2.45) is 0 Å². The van der Waals surface area contributed by atoms with E-state index in [2.05, 4.69) is 0 Å². The SMILES string of the molecule is CCCCN(CC(F)(F)F)C(=O)c1cc(F)ccc1N. The zero-order valence-corrected chi connectivity index (χ0v) is 11.0. The molecule has 0 aliphatic heterocycles. The molecule has 1 aromatic rings. The lowest BCUT2D eigenvalue weighted by Crippen LogP contribution is -2.39. The highest BCUT2D eigenvalue weighted by Crippen LogP contribution is 2.21. The fourth-order valence-electron chi connectivity index (χ4n) is 1.70. The van der Waals surface area contributed by atoms with Crippen molar-refractivity contribution in [1.29, 1.82) is 0 Å². The summed E-state index contributed by atoms with van der Waals surface area (Å²) < 4.78 is 50.6. The van der Waals surface area contributed by atoms with Gasteiger partial charge in [-0.1, -0.05) is 13.3 Å². The smallest absolute Gasteiger partial charge is 0.398 e. The van der Waals surface area contributed by atoms with Crippen molar-refractivity contribution >= 4 is 11.6 Å². The first-order valence-corrected chi connectivity index (χ1v) is 6.15. The van der Waals surface area contributed by atoms with Crippen molar-refractivity contribution in [3.8, 4) is 0 Å². The number of hydrogen-bond acceptors (Lipinski definition) is 2. The van der Waals surface area contributed by atoms with Crippen LogP contribution in [0.15, 0.2) is 18.2 Å². The van der Waals surface area contributed by atoms with Gasteiger partial charge in [0.2, 0.25) is 0 Å². The van der Waals surface area contributed by atoms with Crippen LogP contribution >= 0.6 is 0 Å². The number of benzene rings is 1. The number of alkyl halides is 3. The monoisotopic (exact) mass is 292 g/mol. The fourth-order valence-corrected chi connectivity index (χ4v) is 1.70. The molecule has 0 saturated heterocycles. The molecule has 112 valence electrons. The number of halogens is 4. The minimum Gasteiger partial charge on any atom is -0.398 e. The molecule has 0 spiro atoms. The molecule has 2 N–H and O–H groups in total. The quantitative estimate of drug-likeness (QED) is 0.669. The third-order valence-electron chi connectivity index (χ3n) is 2.68. The minimum atomic E-state index is -4.51. The lowest BCUT2D eigenvalue weighted by Gasteiger charge is -2.24. The average molecular weight is 292 g/mol. The summed E-state index contributed by atoms with van der Waals surface area (Å²) in [4.78, 5) is 12.7. The number of carbonyl (C=O) groups excluding carboxylic acids is 1. The van der Waals surface area contributed by atoms with E-state index < -0.39 is 24.4 Å². The lowest BCUT2D eigenvalue weighted by molar-refractivity contribution is -0.140. The predicted octanol–water partition coefficient (Wildman–Crippen LogP) is 3.21. The van der Waals surface area contributed by atoms with E-state index >= 15 is 0 Å². The Hall–Kier alpha value is -1.79. The van der Waals surface area contributed by atoms with E-state index in [1.54, 1.807) is 6.92 Å². The first-order valence-electron chi connectivity index (χ1n) is 6.15. The van der Waals surface area contributed by atoms with Crippen molar-refractivity contribution in [3.05, 3.63) is 29.6 Å². The van der Waals surface area contributed by atoms with Crippen LogP contribution in [0.3, 0.4) is 0 Å². The Labute approximate surface area is 114 Å². The summed E-state index contributed by atoms with van der Waals surface area (Å²) in [6, 6.07) is 3.06. The van der Waals surface area contributed by atoms with Crippen LogP contribution in [0.25, 0.3) is 0 Å². The molecule has 0 aliphatic carbocycles. The van der Waals surface area contributed by atoms with Crippen LogP contribution in [-0.2, 0) is 0 Å². The zero-order valence-electron chi connectivity index (χ0n) is 11.0. The average Bonchev–Trinajstić information content (AvgIpc) is 2.35. The molecular formula is C13H16F4N2O. The maximum absolute atomic E-state index is 13.1. The Morgan fingerprint density at radius 1 is 1.35 bits per heavy atom. The summed E-state index contributed by atoms with van der Waals surface area (Å²) in [6.07, 6.45) is -3.44. The van der Waals surface area contributed by atoms with Gasteiger partial charge in [0.05, 0.1) is 5.56 Å². The molecule has 0 fully saturated rings. The third kappa shape index (κ3) is 4.71. The fraction of sp³-hybridized carbons (Fsp3) is 0.462. The second-order valence-electron chi connectivity index (χ2n) is 4.43. The molecule has 0 saturated carbocycles. The van der Waals surface area contributed by atoms with Crippen LogP contribution in [0.1, 0.15) is 30.1 Å². The number of nitrogens with two attached hydrogens (primary N) is 1. The summed E-state index contributed by atoms with van der Waals surface area (Å²) >= 11 is 0. The Morgan fingerprint density at radius 2 is 2.00 bits per heavy atom. The molecule has 3 nitrogen and oxygen atoms in total. The first kappa shape index (κ1) is 16.3. The highest BCUT2D eigenvalue weighted by Gasteiger charge is 2.33. The molecular weight excluding hydrogens is 276 g/mol. The van der Waals surface area contributed by atoms with Gasteiger partial charge < -0.3 is 10.6 Å². The number of anilines is 1. The zero-order chi connectivity index (χ0) is 15.3. The van der Waals surface area contributed by atoms with Gasteiger partial charge in [-0.05, 0) is 24.6 Å². The summed E-state index contributed by atoms with van der Waals surface area (Å²) in [7, 11) is 0. The summed E-state index contributed by atoms with van der Waals surface area (Å²) in [5.41, 5.74) is 5.24. The highest BCUT2D eigenvalue weighted by atomic mass is 19.4. The maximum Gasteiger partial charge on any atom is 0.406 e. The molecule has 0 radical (unpaired) electrons. The van der Waals surface area contributed by atoms with Gasteiger partial charge in [0.25, 0.3) is 5.91 Å². The molecule has 1 rings (SSSR count). The van der Waals surface area contributed by atoms with Crippen LogP contribution in [0.2, 0.25) is 0 Å². The van der Waals surface area contributed by atoms with Crippen molar-refractivity contribution in [2.75, 3.05) is 18.8 Å². The lowest BCUT2D eigenvalue weighted by atomic mass is 10.1. The van der Waals surface area contributed by atoms with E-state index in [0.29, 0.717) is 17.7 Å². The summed E-state index contributed by atoms with van der Waals surface area (Å²) in [6.45, 7) is 0.374. The number of amides is 1. The largest absolute Gasteiger partial charge is 0.406 e. The van der Waals surface area contributed by atoms with Crippen LogP contribution in [-0.4, -0.2) is 30.1 Å². The molecule has 0 bridgehead atoms. The van der Waals surface area contributed by atoms with Gasteiger partial charge >= 0.3 is 6.18 Å². The number of unbranched alkanes of at least 4 members (excludes halogenated alkanes) is 1. The number of rotatable bonds is 5. The van der Waals surface area contributed by atoms with Crippen LogP contribution in [0, 0.1) is 5.82 Å². The Kier molecular flexibility index (Phi) is 5.35. The normalized spacial score (nSPS) is 11.4. The molecule has 7 heteroatoms. The third-order valence-corrected chi connectivity index (χ3v) is 2.68.